The Bertz CT molecular complexity index is 570. The number of hydrogen-bond donors (Lipinski definition) is 2. The number of methoxy groups -OCH3 is 1. The second-order valence-electron chi connectivity index (χ2n) is 7.34. The maximum absolute atomic E-state index is 12.5. The van der Waals surface area contributed by atoms with Crippen LogP contribution >= 0.6 is 0 Å². The lowest BCUT2D eigenvalue weighted by molar-refractivity contribution is 0.00727. The molecular weight excluding hydrogens is 316 g/mol. The van der Waals surface area contributed by atoms with E-state index in [1.807, 2.05) is 24.3 Å². The van der Waals surface area contributed by atoms with Gasteiger partial charge in [-0.25, -0.2) is 0 Å². The third-order valence-electron chi connectivity index (χ3n) is 5.53. The zero-order valence-corrected chi connectivity index (χ0v) is 15.1. The molecule has 3 rings (SSSR count). The van der Waals surface area contributed by atoms with Crippen LogP contribution in [-0.4, -0.2) is 54.3 Å². The summed E-state index contributed by atoms with van der Waals surface area (Å²) in [5, 5.41) is 13.4. The molecule has 1 aromatic carbocycles. The normalized spacial score (nSPS) is 25.7. The van der Waals surface area contributed by atoms with Gasteiger partial charge >= 0.3 is 0 Å². The van der Waals surface area contributed by atoms with Gasteiger partial charge in [-0.15, -0.1) is 0 Å². The van der Waals surface area contributed by atoms with Crippen molar-refractivity contribution in [2.24, 2.45) is 0 Å². The number of likely N-dealkylation sites (tertiary alicyclic amines) is 1. The van der Waals surface area contributed by atoms with Crippen LogP contribution in [0.1, 0.15) is 54.4 Å². The molecule has 2 unspecified atom stereocenters. The number of aliphatic hydroxyl groups is 1. The van der Waals surface area contributed by atoms with E-state index in [1.165, 1.54) is 6.42 Å². The number of benzene rings is 1. The SMILES string of the molecule is COCc1cccc(C(=O)NC2CCN(C3CCCCC3O)CC2)c1. The molecule has 2 N–H and O–H groups in total. The molecule has 0 bridgehead atoms. The van der Waals surface area contributed by atoms with E-state index in [4.69, 9.17) is 4.74 Å². The number of ether oxygens (including phenoxy) is 1. The van der Waals surface area contributed by atoms with E-state index in [0.717, 1.165) is 50.8 Å². The van der Waals surface area contributed by atoms with E-state index in [-0.39, 0.29) is 18.1 Å². The van der Waals surface area contributed by atoms with Gasteiger partial charge in [0, 0.05) is 37.8 Å². The molecule has 1 saturated heterocycles. The Hall–Kier alpha value is -1.43. The third-order valence-corrected chi connectivity index (χ3v) is 5.53. The first-order chi connectivity index (χ1) is 12.2. The van der Waals surface area contributed by atoms with E-state index in [1.54, 1.807) is 7.11 Å². The summed E-state index contributed by atoms with van der Waals surface area (Å²) in [4.78, 5) is 14.9. The Labute approximate surface area is 150 Å². The van der Waals surface area contributed by atoms with E-state index >= 15 is 0 Å². The minimum Gasteiger partial charge on any atom is -0.391 e. The highest BCUT2D eigenvalue weighted by Gasteiger charge is 2.31. The lowest BCUT2D eigenvalue weighted by Crippen LogP contribution is -2.52. The van der Waals surface area contributed by atoms with E-state index in [0.29, 0.717) is 18.2 Å². The van der Waals surface area contributed by atoms with Gasteiger partial charge in [0.1, 0.15) is 0 Å². The zero-order valence-electron chi connectivity index (χ0n) is 15.1. The smallest absolute Gasteiger partial charge is 0.251 e. The zero-order chi connectivity index (χ0) is 17.6. The Kier molecular flexibility index (Phi) is 6.45. The second kappa shape index (κ2) is 8.79. The van der Waals surface area contributed by atoms with Crippen molar-refractivity contribution in [1.29, 1.82) is 0 Å². The van der Waals surface area contributed by atoms with Crippen LogP contribution in [0.3, 0.4) is 0 Å². The molecule has 25 heavy (non-hydrogen) atoms. The highest BCUT2D eigenvalue weighted by molar-refractivity contribution is 5.94. The number of piperidine rings is 1. The van der Waals surface area contributed by atoms with Gasteiger partial charge in [0.2, 0.25) is 0 Å². The topological polar surface area (TPSA) is 61.8 Å². The Morgan fingerprint density at radius 1 is 1.24 bits per heavy atom. The minimum atomic E-state index is -0.177. The number of rotatable bonds is 5. The van der Waals surface area contributed by atoms with Gasteiger partial charge in [0.05, 0.1) is 12.7 Å². The van der Waals surface area contributed by atoms with Crippen molar-refractivity contribution in [2.45, 2.75) is 63.3 Å². The molecule has 0 spiro atoms. The lowest BCUT2D eigenvalue weighted by atomic mass is 9.89. The van der Waals surface area contributed by atoms with Gasteiger partial charge in [0.25, 0.3) is 5.91 Å². The van der Waals surface area contributed by atoms with Gasteiger partial charge in [0.15, 0.2) is 0 Å². The fourth-order valence-electron chi connectivity index (χ4n) is 4.13. The highest BCUT2D eigenvalue weighted by atomic mass is 16.5. The summed E-state index contributed by atoms with van der Waals surface area (Å²) in [7, 11) is 1.66. The molecule has 1 aliphatic carbocycles. The summed E-state index contributed by atoms with van der Waals surface area (Å²) in [6.07, 6.45) is 6.12. The molecule has 2 atom stereocenters. The van der Waals surface area contributed by atoms with Crippen LogP contribution in [0.15, 0.2) is 24.3 Å². The fourth-order valence-corrected chi connectivity index (χ4v) is 4.13. The van der Waals surface area contributed by atoms with Gasteiger partial charge in [-0.1, -0.05) is 25.0 Å². The van der Waals surface area contributed by atoms with Crippen molar-refractivity contribution in [2.75, 3.05) is 20.2 Å². The largest absolute Gasteiger partial charge is 0.391 e. The average Bonchev–Trinajstić information content (AvgIpc) is 2.63. The lowest BCUT2D eigenvalue weighted by Gasteiger charge is -2.41. The Balaban J connectivity index is 1.50. The number of nitrogens with zero attached hydrogens (tertiary/aromatic N) is 1. The maximum atomic E-state index is 12.5. The average molecular weight is 346 g/mol. The Morgan fingerprint density at radius 2 is 2.00 bits per heavy atom. The summed E-state index contributed by atoms with van der Waals surface area (Å²) < 4.78 is 5.13. The van der Waals surface area contributed by atoms with Crippen molar-refractivity contribution in [1.82, 2.24) is 10.2 Å². The molecule has 1 heterocycles. The van der Waals surface area contributed by atoms with Gasteiger partial charge in [-0.05, 0) is 43.4 Å². The van der Waals surface area contributed by atoms with E-state index in [2.05, 4.69) is 10.2 Å². The van der Waals surface area contributed by atoms with Crippen LogP contribution in [0.4, 0.5) is 0 Å². The predicted octanol–water partition coefficient (Wildman–Crippen LogP) is 2.33. The van der Waals surface area contributed by atoms with E-state index in [9.17, 15) is 9.90 Å². The van der Waals surface area contributed by atoms with E-state index < -0.39 is 0 Å². The van der Waals surface area contributed by atoms with Gasteiger partial charge in [-0.3, -0.25) is 9.69 Å². The molecule has 138 valence electrons. The fraction of sp³-hybridized carbons (Fsp3) is 0.650. The molecule has 1 amide bonds. The molecule has 1 aliphatic heterocycles. The van der Waals surface area contributed by atoms with Crippen LogP contribution in [-0.2, 0) is 11.3 Å². The van der Waals surface area contributed by atoms with Gasteiger partial charge < -0.3 is 15.2 Å². The number of hydrogen-bond acceptors (Lipinski definition) is 4. The first kappa shape index (κ1) is 18.4. The highest BCUT2D eigenvalue weighted by Crippen LogP contribution is 2.26. The molecule has 0 aromatic heterocycles. The van der Waals surface area contributed by atoms with Crippen LogP contribution in [0.5, 0.6) is 0 Å². The molecule has 5 nitrogen and oxygen atoms in total. The number of nitrogens with one attached hydrogen (secondary N) is 1. The number of carbonyl (C=O) groups excluding carboxylic acids is 1. The molecule has 1 saturated carbocycles. The van der Waals surface area contributed by atoms with Crippen molar-refractivity contribution < 1.29 is 14.6 Å². The predicted molar refractivity (Wildman–Crippen MR) is 97.5 cm³/mol. The second-order valence-corrected chi connectivity index (χ2v) is 7.34. The summed E-state index contributed by atoms with van der Waals surface area (Å²) in [5.74, 6) is -0.00546. The standard InChI is InChI=1S/C20H30N2O3/c1-25-14-15-5-4-6-16(13-15)20(24)21-17-9-11-22(12-10-17)18-7-2-3-8-19(18)23/h4-6,13,17-19,23H,2-3,7-12,14H2,1H3,(H,21,24). The summed E-state index contributed by atoms with van der Waals surface area (Å²) >= 11 is 0. The summed E-state index contributed by atoms with van der Waals surface area (Å²) in [6.45, 7) is 2.43. The molecular formula is C20H30N2O3. The van der Waals surface area contributed by atoms with Gasteiger partial charge in [-0.2, -0.15) is 0 Å². The molecule has 5 heteroatoms. The summed E-state index contributed by atoms with van der Waals surface area (Å²) in [5.41, 5.74) is 1.70. The number of carbonyl (C=O) groups is 1. The van der Waals surface area contributed by atoms with Crippen molar-refractivity contribution in [3.63, 3.8) is 0 Å². The Morgan fingerprint density at radius 3 is 2.72 bits per heavy atom. The number of amides is 1. The van der Waals surface area contributed by atoms with Crippen molar-refractivity contribution in [3.05, 3.63) is 35.4 Å². The minimum absolute atomic E-state index is 0.00546. The van der Waals surface area contributed by atoms with Crippen molar-refractivity contribution >= 4 is 5.91 Å². The third kappa shape index (κ3) is 4.81. The molecule has 2 aliphatic rings. The first-order valence-corrected chi connectivity index (χ1v) is 9.48. The van der Waals surface area contributed by atoms with Crippen LogP contribution in [0.25, 0.3) is 0 Å². The summed E-state index contributed by atoms with van der Waals surface area (Å²) in [6, 6.07) is 8.14. The maximum Gasteiger partial charge on any atom is 0.251 e. The van der Waals surface area contributed by atoms with Crippen molar-refractivity contribution in [3.8, 4) is 0 Å². The van der Waals surface area contributed by atoms with Crippen LogP contribution in [0.2, 0.25) is 0 Å². The monoisotopic (exact) mass is 346 g/mol. The molecule has 0 radical (unpaired) electrons. The quantitative estimate of drug-likeness (QED) is 0.859. The number of aliphatic hydroxyl groups excluding tert-OH is 1. The first-order valence-electron chi connectivity index (χ1n) is 9.48. The molecule has 2 fully saturated rings. The molecule has 1 aromatic rings. The van der Waals surface area contributed by atoms with Crippen LogP contribution < -0.4 is 5.32 Å². The van der Waals surface area contributed by atoms with Crippen LogP contribution in [0, 0.1) is 0 Å².